The van der Waals surface area contributed by atoms with Crippen molar-refractivity contribution in [3.05, 3.63) is 200 Å². The Morgan fingerprint density at radius 3 is 1.46 bits per heavy atom. The van der Waals surface area contributed by atoms with Crippen LogP contribution in [0.2, 0.25) is 0 Å². The molecular formula is C50H33NO. The van der Waals surface area contributed by atoms with E-state index >= 15 is 0 Å². The van der Waals surface area contributed by atoms with E-state index in [9.17, 15) is 0 Å². The van der Waals surface area contributed by atoms with Crippen molar-refractivity contribution in [2.24, 2.45) is 0 Å². The third kappa shape index (κ3) is 5.12. The Kier molecular flexibility index (Phi) is 7.18. The van der Waals surface area contributed by atoms with E-state index in [1.165, 1.54) is 43.8 Å². The maximum Gasteiger partial charge on any atom is 0.136 e. The first-order valence-electron chi connectivity index (χ1n) is 17.8. The normalized spacial score (nSPS) is 11.5. The van der Waals surface area contributed by atoms with Crippen molar-refractivity contribution in [1.29, 1.82) is 0 Å². The summed E-state index contributed by atoms with van der Waals surface area (Å²) in [6.45, 7) is 0. The van der Waals surface area contributed by atoms with Gasteiger partial charge in [0.15, 0.2) is 0 Å². The van der Waals surface area contributed by atoms with Gasteiger partial charge in [-0.2, -0.15) is 0 Å². The standard InChI is InChI=1S/C50H33NO/c1-3-20-42-34(12-1)14-9-23-44(42)36-28-30-39(31-29-36)51(40-18-7-16-37(32-40)45-24-10-15-35-13-2-4-21-43(35)45)41-19-8-17-38(33-41)46-25-11-27-49-50(46)47-22-5-6-26-48(47)52-49/h1-33H. The Balaban J connectivity index is 1.14. The highest BCUT2D eigenvalue weighted by atomic mass is 16.3. The molecule has 0 N–H and O–H groups in total. The van der Waals surface area contributed by atoms with Crippen LogP contribution in [0.4, 0.5) is 17.1 Å². The number of rotatable bonds is 6. The zero-order valence-electron chi connectivity index (χ0n) is 28.4. The minimum atomic E-state index is 0.896. The molecule has 0 saturated carbocycles. The second-order valence-corrected chi connectivity index (χ2v) is 13.3. The van der Waals surface area contributed by atoms with Crippen molar-refractivity contribution >= 4 is 60.5 Å². The summed E-state index contributed by atoms with van der Waals surface area (Å²) in [6.07, 6.45) is 0. The summed E-state index contributed by atoms with van der Waals surface area (Å²) in [6, 6.07) is 71.8. The molecule has 0 spiro atoms. The topological polar surface area (TPSA) is 16.4 Å². The van der Waals surface area contributed by atoms with Gasteiger partial charge in [-0.3, -0.25) is 0 Å². The number of benzene rings is 9. The van der Waals surface area contributed by atoms with Crippen LogP contribution in [0.3, 0.4) is 0 Å². The van der Waals surface area contributed by atoms with Gasteiger partial charge in [-0.1, -0.05) is 152 Å². The number of hydrogen-bond acceptors (Lipinski definition) is 2. The van der Waals surface area contributed by atoms with Crippen molar-refractivity contribution in [2.45, 2.75) is 0 Å². The Hall–Kier alpha value is -6.90. The molecule has 0 bridgehead atoms. The van der Waals surface area contributed by atoms with E-state index in [0.29, 0.717) is 0 Å². The minimum Gasteiger partial charge on any atom is -0.456 e. The van der Waals surface area contributed by atoms with Crippen LogP contribution in [0.25, 0.3) is 76.9 Å². The van der Waals surface area contributed by atoms with Crippen molar-refractivity contribution in [3.63, 3.8) is 0 Å². The van der Waals surface area contributed by atoms with Crippen molar-refractivity contribution in [3.8, 4) is 33.4 Å². The molecule has 9 aromatic carbocycles. The van der Waals surface area contributed by atoms with E-state index in [1.807, 2.05) is 12.1 Å². The molecule has 0 radical (unpaired) electrons. The van der Waals surface area contributed by atoms with E-state index in [-0.39, 0.29) is 0 Å². The minimum absolute atomic E-state index is 0.896. The number of furan rings is 1. The van der Waals surface area contributed by atoms with E-state index < -0.39 is 0 Å². The summed E-state index contributed by atoms with van der Waals surface area (Å²) in [5, 5.41) is 7.25. The van der Waals surface area contributed by atoms with E-state index in [1.54, 1.807) is 0 Å². The molecule has 10 aromatic rings. The Morgan fingerprint density at radius 1 is 0.308 bits per heavy atom. The summed E-state index contributed by atoms with van der Waals surface area (Å²) in [5.41, 5.74) is 12.2. The van der Waals surface area contributed by atoms with Gasteiger partial charge in [-0.25, -0.2) is 0 Å². The summed E-state index contributed by atoms with van der Waals surface area (Å²) in [7, 11) is 0. The molecule has 1 heterocycles. The van der Waals surface area contributed by atoms with Crippen LogP contribution in [0, 0.1) is 0 Å². The van der Waals surface area contributed by atoms with E-state index in [2.05, 4.69) is 193 Å². The zero-order valence-corrected chi connectivity index (χ0v) is 28.4. The first-order valence-corrected chi connectivity index (χ1v) is 17.8. The zero-order chi connectivity index (χ0) is 34.4. The van der Waals surface area contributed by atoms with Gasteiger partial charge >= 0.3 is 0 Å². The summed E-state index contributed by atoms with van der Waals surface area (Å²) < 4.78 is 6.28. The lowest BCUT2D eigenvalue weighted by Crippen LogP contribution is -2.10. The molecular weight excluding hydrogens is 631 g/mol. The lowest BCUT2D eigenvalue weighted by atomic mass is 9.96. The lowest BCUT2D eigenvalue weighted by molar-refractivity contribution is 0.669. The Bertz CT molecular complexity index is 2910. The molecule has 0 aliphatic carbocycles. The monoisotopic (exact) mass is 663 g/mol. The van der Waals surface area contributed by atoms with Crippen LogP contribution in [0.5, 0.6) is 0 Å². The summed E-state index contributed by atoms with van der Waals surface area (Å²) in [5.74, 6) is 0. The maximum absolute atomic E-state index is 6.28. The fourth-order valence-corrected chi connectivity index (χ4v) is 7.83. The van der Waals surface area contributed by atoms with Gasteiger partial charge in [0.05, 0.1) is 0 Å². The molecule has 0 aliphatic heterocycles. The average molecular weight is 664 g/mol. The smallest absolute Gasteiger partial charge is 0.136 e. The Morgan fingerprint density at radius 2 is 0.788 bits per heavy atom. The molecule has 0 amide bonds. The lowest BCUT2D eigenvalue weighted by Gasteiger charge is -2.27. The second kappa shape index (κ2) is 12.5. The highest BCUT2D eigenvalue weighted by molar-refractivity contribution is 6.12. The second-order valence-electron chi connectivity index (χ2n) is 13.3. The maximum atomic E-state index is 6.28. The molecule has 0 fully saturated rings. The van der Waals surface area contributed by atoms with Gasteiger partial charge in [-0.05, 0) is 103 Å². The number of anilines is 3. The third-order valence-corrected chi connectivity index (χ3v) is 10.2. The molecule has 0 unspecified atom stereocenters. The largest absolute Gasteiger partial charge is 0.456 e. The predicted octanol–water partition coefficient (Wildman–Crippen LogP) is 14.4. The highest BCUT2D eigenvalue weighted by Gasteiger charge is 2.18. The molecule has 244 valence electrons. The molecule has 0 aliphatic rings. The van der Waals surface area contributed by atoms with Gasteiger partial charge in [0.2, 0.25) is 0 Å². The predicted molar refractivity (Wildman–Crippen MR) is 220 cm³/mol. The number of para-hydroxylation sites is 1. The van der Waals surface area contributed by atoms with Crippen LogP contribution in [-0.2, 0) is 0 Å². The van der Waals surface area contributed by atoms with Crippen molar-refractivity contribution in [2.75, 3.05) is 4.90 Å². The van der Waals surface area contributed by atoms with Crippen LogP contribution < -0.4 is 4.90 Å². The molecule has 0 atom stereocenters. The molecule has 1 aromatic heterocycles. The molecule has 2 heteroatoms. The first-order chi connectivity index (χ1) is 25.8. The van der Waals surface area contributed by atoms with E-state index in [0.717, 1.165) is 50.1 Å². The number of fused-ring (bicyclic) bond motifs is 5. The van der Waals surface area contributed by atoms with E-state index in [4.69, 9.17) is 4.42 Å². The molecule has 10 rings (SSSR count). The van der Waals surface area contributed by atoms with Gasteiger partial charge in [-0.15, -0.1) is 0 Å². The van der Waals surface area contributed by atoms with Crippen LogP contribution in [0.15, 0.2) is 205 Å². The number of hydrogen-bond donors (Lipinski definition) is 0. The average Bonchev–Trinajstić information content (AvgIpc) is 3.60. The molecule has 52 heavy (non-hydrogen) atoms. The molecule has 0 saturated heterocycles. The SMILES string of the molecule is c1cc(-c2cccc3ccccc23)cc(N(c2ccc(-c3cccc4ccccc34)cc2)c2cccc(-c3cccc4oc5ccccc5c34)c2)c1. The summed E-state index contributed by atoms with van der Waals surface area (Å²) in [4.78, 5) is 2.37. The molecule has 2 nitrogen and oxygen atoms in total. The van der Waals surface area contributed by atoms with Crippen LogP contribution in [0.1, 0.15) is 0 Å². The fourth-order valence-electron chi connectivity index (χ4n) is 7.83. The van der Waals surface area contributed by atoms with Crippen LogP contribution in [-0.4, -0.2) is 0 Å². The van der Waals surface area contributed by atoms with Gasteiger partial charge < -0.3 is 9.32 Å². The fraction of sp³-hybridized carbons (Fsp3) is 0. The van der Waals surface area contributed by atoms with Crippen LogP contribution >= 0.6 is 0 Å². The van der Waals surface area contributed by atoms with Crippen molar-refractivity contribution in [1.82, 2.24) is 0 Å². The summed E-state index contributed by atoms with van der Waals surface area (Å²) >= 11 is 0. The Labute approximate surface area is 302 Å². The van der Waals surface area contributed by atoms with Gasteiger partial charge in [0.25, 0.3) is 0 Å². The number of nitrogens with zero attached hydrogens (tertiary/aromatic N) is 1. The quantitative estimate of drug-likeness (QED) is 0.176. The third-order valence-electron chi connectivity index (χ3n) is 10.2. The van der Waals surface area contributed by atoms with Crippen molar-refractivity contribution < 1.29 is 4.42 Å². The highest BCUT2D eigenvalue weighted by Crippen LogP contribution is 2.42. The van der Waals surface area contributed by atoms with Gasteiger partial charge in [0.1, 0.15) is 11.2 Å². The first kappa shape index (κ1) is 30.0. The van der Waals surface area contributed by atoms with Gasteiger partial charge in [0, 0.05) is 27.8 Å².